The fourth-order valence-corrected chi connectivity index (χ4v) is 8.30. The van der Waals surface area contributed by atoms with Gasteiger partial charge >= 0.3 is 11.9 Å². The van der Waals surface area contributed by atoms with E-state index in [1.807, 2.05) is 35.0 Å². The third kappa shape index (κ3) is 29.0. The zero-order valence-corrected chi connectivity index (χ0v) is 40.0. The lowest BCUT2D eigenvalue weighted by Gasteiger charge is -2.37. The van der Waals surface area contributed by atoms with Crippen LogP contribution in [-0.2, 0) is 37.4 Å². The molecule has 1 saturated heterocycles. The first kappa shape index (κ1) is 55.9. The Morgan fingerprint density at radius 1 is 0.678 bits per heavy atom. The van der Waals surface area contributed by atoms with Crippen LogP contribution in [0, 0.1) is 0 Å². The number of unbranched alkanes of at least 4 members (excludes halogenated alkanes) is 22. The molecule has 1 aliphatic rings. The number of phosphoric ester groups is 1. The summed E-state index contributed by atoms with van der Waals surface area (Å²) in [5.74, 6) is -0.872. The Bertz CT molecular complexity index is 1120. The summed E-state index contributed by atoms with van der Waals surface area (Å²) >= 11 is 0. The molecule has 59 heavy (non-hydrogen) atoms. The molecule has 0 spiro atoms. The number of carbonyl (C=O) groups is 2. The van der Waals surface area contributed by atoms with E-state index in [0.717, 1.165) is 89.9 Å². The lowest BCUT2D eigenvalue weighted by molar-refractivity contribution is -0.870. The second kappa shape index (κ2) is 32.5. The summed E-state index contributed by atoms with van der Waals surface area (Å²) in [6.45, 7) is 8.72. The Kier molecular flexibility index (Phi) is 30.8. The molecule has 1 N–H and O–H groups in total. The minimum Gasteiger partial charge on any atom is -0.756 e. The highest BCUT2D eigenvalue weighted by Gasteiger charge is 2.50. The van der Waals surface area contributed by atoms with Crippen molar-refractivity contribution in [1.29, 1.82) is 0 Å². The van der Waals surface area contributed by atoms with Gasteiger partial charge in [0.15, 0.2) is 6.10 Å². The molecule has 350 valence electrons. The second-order valence-corrected chi connectivity index (χ2v) is 20.3. The molecule has 0 aromatic carbocycles. The van der Waals surface area contributed by atoms with Gasteiger partial charge in [-0.3, -0.25) is 14.2 Å². The zero-order valence-electron chi connectivity index (χ0n) is 39.1. The van der Waals surface area contributed by atoms with Gasteiger partial charge in [0.05, 0.1) is 39.9 Å². The molecule has 13 heteroatoms. The first-order chi connectivity index (χ1) is 28.1. The van der Waals surface area contributed by atoms with Crippen LogP contribution >= 0.6 is 7.82 Å². The number of phosphoric acid groups is 1. The maximum atomic E-state index is 12.8. The van der Waals surface area contributed by atoms with Gasteiger partial charge in [-0.15, -0.1) is 0 Å². The van der Waals surface area contributed by atoms with E-state index < -0.39 is 38.2 Å². The maximum absolute atomic E-state index is 12.8. The van der Waals surface area contributed by atoms with Crippen molar-refractivity contribution >= 4 is 19.8 Å². The zero-order chi connectivity index (χ0) is 43.9. The minimum atomic E-state index is -4.65. The van der Waals surface area contributed by atoms with Crippen molar-refractivity contribution in [3.05, 3.63) is 0 Å². The smallest absolute Gasteiger partial charge is 0.306 e. The molecule has 0 aromatic rings. The van der Waals surface area contributed by atoms with Gasteiger partial charge in [0, 0.05) is 12.8 Å². The average molecular weight is 863 g/mol. The molecule has 2 unspecified atom stereocenters. The summed E-state index contributed by atoms with van der Waals surface area (Å²) in [4.78, 5) is 37.7. The molecule has 0 radical (unpaired) electrons. The topological polar surface area (TPSA) is 144 Å². The molecule has 12 nitrogen and oxygen atoms in total. The number of nitrogens with zero attached hydrogens (tertiary/aromatic N) is 2. The highest BCUT2D eigenvalue weighted by molar-refractivity contribution is 7.45. The largest absolute Gasteiger partial charge is 0.756 e. The first-order valence-corrected chi connectivity index (χ1v) is 25.4. The summed E-state index contributed by atoms with van der Waals surface area (Å²) in [5, 5.41) is 12.5. The number of hydrogen-bond acceptors (Lipinski definition) is 11. The van der Waals surface area contributed by atoms with Gasteiger partial charge in [0.25, 0.3) is 7.82 Å². The van der Waals surface area contributed by atoms with Crippen LogP contribution in [0.25, 0.3) is 0 Å². The van der Waals surface area contributed by atoms with Crippen molar-refractivity contribution in [1.82, 2.24) is 5.06 Å². The Morgan fingerprint density at radius 2 is 1.10 bits per heavy atom. The van der Waals surface area contributed by atoms with Crippen LogP contribution < -0.4 is 4.89 Å². The number of esters is 2. The summed E-state index contributed by atoms with van der Waals surface area (Å²) in [5.41, 5.74) is -0.941. The van der Waals surface area contributed by atoms with Gasteiger partial charge in [-0.2, -0.15) is 5.06 Å². The van der Waals surface area contributed by atoms with E-state index in [2.05, 4.69) is 13.8 Å². The van der Waals surface area contributed by atoms with Crippen LogP contribution in [0.1, 0.15) is 214 Å². The van der Waals surface area contributed by atoms with Gasteiger partial charge in [0.2, 0.25) is 0 Å². The summed E-state index contributed by atoms with van der Waals surface area (Å²) in [7, 11) is 1.12. The van der Waals surface area contributed by atoms with Crippen LogP contribution in [0.5, 0.6) is 0 Å². The highest BCUT2D eigenvalue weighted by Crippen LogP contribution is 2.41. The molecule has 1 rings (SSSR count). The van der Waals surface area contributed by atoms with Crippen molar-refractivity contribution in [3.63, 3.8) is 0 Å². The SMILES string of the molecule is CCCCCCCCCCCCCCCC(=O)OC[C@H](COP(=O)([O-])OCC[N+](C)(C)C)OC(=O)CCCCCCCCCCC1(CCCCCC)OCC(C)(C)N1O. The van der Waals surface area contributed by atoms with Gasteiger partial charge in [-0.25, -0.2) is 0 Å². The molecular formula is C46H91N2O10P. The first-order valence-electron chi connectivity index (χ1n) is 23.9. The number of likely N-dealkylation sites (N-methyl/N-ethyl adjacent to an activating group) is 1. The summed E-state index contributed by atoms with van der Waals surface area (Å²) < 4.78 is 40.3. The molecule has 1 aliphatic heterocycles. The number of carbonyl (C=O) groups excluding carboxylic acids is 2. The molecule has 1 fully saturated rings. The Labute approximate surface area is 361 Å². The summed E-state index contributed by atoms with van der Waals surface area (Å²) in [6, 6.07) is 0. The fourth-order valence-electron chi connectivity index (χ4n) is 7.57. The number of quaternary nitrogens is 1. The van der Waals surface area contributed by atoms with Crippen LogP contribution in [0.3, 0.4) is 0 Å². The summed E-state index contributed by atoms with van der Waals surface area (Å²) in [6.07, 6.45) is 29.4. The van der Waals surface area contributed by atoms with Crippen molar-refractivity contribution in [2.24, 2.45) is 0 Å². The van der Waals surface area contributed by atoms with Crippen LogP contribution in [-0.4, -0.2) is 98.2 Å². The number of hydroxylamine groups is 2. The van der Waals surface area contributed by atoms with Crippen molar-refractivity contribution < 1.29 is 52.0 Å². The van der Waals surface area contributed by atoms with Crippen LogP contribution in [0.4, 0.5) is 0 Å². The maximum Gasteiger partial charge on any atom is 0.306 e. The number of rotatable bonds is 40. The second-order valence-electron chi connectivity index (χ2n) is 18.9. The molecule has 1 heterocycles. The van der Waals surface area contributed by atoms with Gasteiger partial charge in [0.1, 0.15) is 25.5 Å². The Balaban J connectivity index is 2.38. The quantitative estimate of drug-likeness (QED) is 0.0272. The molecule has 3 atom stereocenters. The molecule has 0 bridgehead atoms. The molecule has 0 saturated carbocycles. The van der Waals surface area contributed by atoms with Crippen molar-refractivity contribution in [2.45, 2.75) is 231 Å². The fraction of sp³-hybridized carbons (Fsp3) is 0.957. The van der Waals surface area contributed by atoms with Gasteiger partial charge in [-0.1, -0.05) is 149 Å². The van der Waals surface area contributed by atoms with E-state index in [1.165, 1.54) is 82.1 Å². The highest BCUT2D eigenvalue weighted by atomic mass is 31.2. The van der Waals surface area contributed by atoms with Gasteiger partial charge in [-0.05, 0) is 52.4 Å². The molecular weight excluding hydrogens is 771 g/mol. The molecule has 0 aromatic heterocycles. The van der Waals surface area contributed by atoms with E-state index in [9.17, 15) is 24.3 Å². The van der Waals surface area contributed by atoms with Crippen LogP contribution in [0.15, 0.2) is 0 Å². The molecule has 0 amide bonds. The predicted molar refractivity (Wildman–Crippen MR) is 235 cm³/mol. The normalized spacial score (nSPS) is 18.5. The lowest BCUT2D eigenvalue weighted by atomic mass is 9.95. The predicted octanol–water partition coefficient (Wildman–Crippen LogP) is 11.2. The lowest BCUT2D eigenvalue weighted by Crippen LogP contribution is -2.50. The Hall–Kier alpha value is -1.11. The van der Waals surface area contributed by atoms with Gasteiger partial charge < -0.3 is 37.8 Å². The van der Waals surface area contributed by atoms with Crippen molar-refractivity contribution in [3.8, 4) is 0 Å². The Morgan fingerprint density at radius 3 is 1.54 bits per heavy atom. The van der Waals surface area contributed by atoms with E-state index in [-0.39, 0.29) is 31.6 Å². The standard InChI is InChI=1S/C46H91N2O10P/c1-8-10-12-14-15-16-17-18-19-20-23-26-29-33-43(49)54-39-42(40-57-59(52,53)56-38-37-48(5,6)7)58-44(50)34-30-27-24-21-22-25-28-32-36-46(35-31-13-11-9-2)47(51)45(3,4)41-55-46/h42,51H,8-41H2,1-7H3/t42-,46?/m1/s1. The van der Waals surface area contributed by atoms with E-state index in [1.54, 1.807) is 0 Å². The third-order valence-electron chi connectivity index (χ3n) is 11.4. The van der Waals surface area contributed by atoms with E-state index in [0.29, 0.717) is 24.1 Å². The van der Waals surface area contributed by atoms with E-state index >= 15 is 0 Å². The number of ether oxygens (including phenoxy) is 3. The average Bonchev–Trinajstić information content (AvgIpc) is 3.40. The monoisotopic (exact) mass is 863 g/mol. The minimum absolute atomic E-state index is 0.0430. The number of hydrogen-bond donors (Lipinski definition) is 1. The van der Waals surface area contributed by atoms with Crippen molar-refractivity contribution in [2.75, 3.05) is 54.1 Å². The third-order valence-corrected chi connectivity index (χ3v) is 12.4. The van der Waals surface area contributed by atoms with E-state index in [4.69, 9.17) is 23.3 Å². The van der Waals surface area contributed by atoms with Crippen LogP contribution in [0.2, 0.25) is 0 Å². The molecule has 0 aliphatic carbocycles.